The normalized spacial score (nSPS) is 13.3. The second-order valence-corrected chi connectivity index (χ2v) is 4.93. The van der Waals surface area contributed by atoms with Gasteiger partial charge in [0.15, 0.2) is 0 Å². The van der Waals surface area contributed by atoms with E-state index in [0.29, 0.717) is 6.04 Å². The third kappa shape index (κ3) is 4.40. The van der Waals surface area contributed by atoms with Crippen molar-refractivity contribution in [2.75, 3.05) is 6.54 Å². The minimum Gasteiger partial charge on any atom is -0.465 e. The van der Waals surface area contributed by atoms with Crippen LogP contribution in [0.15, 0.2) is 16.5 Å². The maximum Gasteiger partial charge on any atom is 0.121 e. The fraction of sp³-hybridized carbons (Fsp3) is 0.714. The molecule has 0 radical (unpaired) electrons. The van der Waals surface area contributed by atoms with E-state index in [0.717, 1.165) is 36.8 Å². The Morgan fingerprint density at radius 3 is 2.50 bits per heavy atom. The second kappa shape index (κ2) is 6.74. The van der Waals surface area contributed by atoms with Gasteiger partial charge in [-0.2, -0.15) is 0 Å². The number of hydrogen-bond acceptors (Lipinski definition) is 2. The second-order valence-electron chi connectivity index (χ2n) is 4.93. The van der Waals surface area contributed by atoms with Crippen molar-refractivity contribution in [1.82, 2.24) is 5.32 Å². The average Bonchev–Trinajstić information content (AvgIpc) is 2.64. The quantitative estimate of drug-likeness (QED) is 0.754. The summed E-state index contributed by atoms with van der Waals surface area (Å²) in [6.45, 7) is 9.79. The minimum absolute atomic E-state index is 0.385. The van der Waals surface area contributed by atoms with Gasteiger partial charge in [0.25, 0.3) is 0 Å². The van der Waals surface area contributed by atoms with Gasteiger partial charge >= 0.3 is 0 Å². The highest BCUT2D eigenvalue weighted by Gasteiger charge is 2.14. The van der Waals surface area contributed by atoms with Crippen molar-refractivity contribution in [3.05, 3.63) is 23.7 Å². The van der Waals surface area contributed by atoms with Gasteiger partial charge in [-0.05, 0) is 50.8 Å². The molecule has 1 atom stereocenters. The predicted molar refractivity (Wildman–Crippen MR) is 68.6 cm³/mol. The van der Waals surface area contributed by atoms with Crippen molar-refractivity contribution in [1.29, 1.82) is 0 Å². The Balaban J connectivity index is 2.55. The molecule has 0 aliphatic carbocycles. The van der Waals surface area contributed by atoms with Crippen LogP contribution < -0.4 is 5.32 Å². The predicted octanol–water partition coefficient (Wildman–Crippen LogP) is 4.06. The number of rotatable bonds is 7. The van der Waals surface area contributed by atoms with Gasteiger partial charge in [-0.3, -0.25) is 0 Å². The van der Waals surface area contributed by atoms with Gasteiger partial charge in [0.1, 0.15) is 11.5 Å². The fourth-order valence-corrected chi connectivity index (χ4v) is 1.80. The molecule has 0 aromatic carbocycles. The topological polar surface area (TPSA) is 25.2 Å². The van der Waals surface area contributed by atoms with Crippen LogP contribution in [-0.4, -0.2) is 6.54 Å². The van der Waals surface area contributed by atoms with Crippen LogP contribution >= 0.6 is 0 Å². The lowest BCUT2D eigenvalue weighted by molar-refractivity contribution is 0.364. The number of aryl methyl sites for hydroxylation is 1. The number of hydrogen-bond donors (Lipinski definition) is 1. The van der Waals surface area contributed by atoms with Crippen molar-refractivity contribution in [2.24, 2.45) is 5.92 Å². The summed E-state index contributed by atoms with van der Waals surface area (Å²) in [6, 6.07) is 4.53. The van der Waals surface area contributed by atoms with Crippen LogP contribution in [0.5, 0.6) is 0 Å². The Hall–Kier alpha value is -0.760. The van der Waals surface area contributed by atoms with Crippen LogP contribution in [0, 0.1) is 12.8 Å². The fourth-order valence-electron chi connectivity index (χ4n) is 1.80. The molecule has 0 fully saturated rings. The van der Waals surface area contributed by atoms with Crippen molar-refractivity contribution in [2.45, 2.75) is 53.0 Å². The molecule has 16 heavy (non-hydrogen) atoms. The molecular weight excluding hydrogens is 198 g/mol. The van der Waals surface area contributed by atoms with Gasteiger partial charge in [0.05, 0.1) is 6.04 Å². The van der Waals surface area contributed by atoms with Gasteiger partial charge in [0, 0.05) is 0 Å². The lowest BCUT2D eigenvalue weighted by Crippen LogP contribution is -2.22. The van der Waals surface area contributed by atoms with Gasteiger partial charge < -0.3 is 9.73 Å². The zero-order valence-corrected chi connectivity index (χ0v) is 11.0. The lowest BCUT2D eigenvalue weighted by atomic mass is 10.0. The van der Waals surface area contributed by atoms with Crippen molar-refractivity contribution in [3.63, 3.8) is 0 Å². The van der Waals surface area contributed by atoms with E-state index < -0.39 is 0 Å². The summed E-state index contributed by atoms with van der Waals surface area (Å²) in [6.07, 6.45) is 3.56. The number of nitrogens with one attached hydrogen (secondary N) is 1. The van der Waals surface area contributed by atoms with E-state index in [1.54, 1.807) is 0 Å². The van der Waals surface area contributed by atoms with Gasteiger partial charge in [-0.25, -0.2) is 0 Å². The molecule has 0 saturated carbocycles. The maximum atomic E-state index is 5.71. The first-order valence-electron chi connectivity index (χ1n) is 6.43. The molecular formula is C14H25NO. The van der Waals surface area contributed by atoms with E-state index >= 15 is 0 Å². The summed E-state index contributed by atoms with van der Waals surface area (Å²) in [5.74, 6) is 2.84. The standard InChI is InChI=1S/C14H25NO/c1-5-10-15-13(8-6-11(2)3)14-9-7-12(4)16-14/h7,9,11,13,15H,5-6,8,10H2,1-4H3. The smallest absolute Gasteiger partial charge is 0.121 e. The highest BCUT2D eigenvalue weighted by atomic mass is 16.3. The van der Waals surface area contributed by atoms with Gasteiger partial charge in [0.2, 0.25) is 0 Å². The molecule has 0 saturated heterocycles. The Bertz CT molecular complexity index is 291. The maximum absolute atomic E-state index is 5.71. The molecule has 1 aromatic rings. The molecule has 92 valence electrons. The summed E-state index contributed by atoms with van der Waals surface area (Å²) in [5, 5.41) is 3.56. The van der Waals surface area contributed by atoms with Crippen molar-refractivity contribution >= 4 is 0 Å². The van der Waals surface area contributed by atoms with Crippen molar-refractivity contribution < 1.29 is 4.42 Å². The van der Waals surface area contributed by atoms with E-state index in [-0.39, 0.29) is 0 Å². The Kier molecular flexibility index (Phi) is 5.61. The zero-order chi connectivity index (χ0) is 12.0. The van der Waals surface area contributed by atoms with Crippen LogP contribution in [0.4, 0.5) is 0 Å². The first kappa shape index (κ1) is 13.3. The Morgan fingerprint density at radius 1 is 1.25 bits per heavy atom. The molecule has 1 unspecified atom stereocenters. The molecule has 1 rings (SSSR count). The molecule has 1 N–H and O–H groups in total. The van der Waals surface area contributed by atoms with Gasteiger partial charge in [-0.15, -0.1) is 0 Å². The van der Waals surface area contributed by atoms with E-state index in [1.807, 2.05) is 13.0 Å². The molecule has 1 heterocycles. The van der Waals surface area contributed by atoms with Crippen LogP contribution in [-0.2, 0) is 0 Å². The highest BCUT2D eigenvalue weighted by Crippen LogP contribution is 2.22. The monoisotopic (exact) mass is 223 g/mol. The van der Waals surface area contributed by atoms with E-state index in [1.165, 1.54) is 6.42 Å². The molecule has 2 nitrogen and oxygen atoms in total. The molecule has 0 aliphatic rings. The van der Waals surface area contributed by atoms with Crippen LogP contribution in [0.1, 0.15) is 57.6 Å². The van der Waals surface area contributed by atoms with E-state index in [2.05, 4.69) is 32.2 Å². The van der Waals surface area contributed by atoms with Crippen LogP contribution in [0.2, 0.25) is 0 Å². The first-order valence-corrected chi connectivity index (χ1v) is 6.43. The molecule has 0 amide bonds. The summed E-state index contributed by atoms with van der Waals surface area (Å²) in [5.41, 5.74) is 0. The van der Waals surface area contributed by atoms with Crippen molar-refractivity contribution in [3.8, 4) is 0 Å². The lowest BCUT2D eigenvalue weighted by Gasteiger charge is -2.17. The van der Waals surface area contributed by atoms with Gasteiger partial charge in [-0.1, -0.05) is 20.8 Å². The average molecular weight is 223 g/mol. The molecule has 0 spiro atoms. The van der Waals surface area contributed by atoms with E-state index in [4.69, 9.17) is 4.42 Å². The third-order valence-electron chi connectivity index (χ3n) is 2.78. The summed E-state index contributed by atoms with van der Waals surface area (Å²) >= 11 is 0. The molecule has 0 bridgehead atoms. The minimum atomic E-state index is 0.385. The Labute approximate surface area is 99.4 Å². The zero-order valence-electron chi connectivity index (χ0n) is 11.0. The highest BCUT2D eigenvalue weighted by molar-refractivity contribution is 5.09. The number of furan rings is 1. The largest absolute Gasteiger partial charge is 0.465 e. The first-order chi connectivity index (χ1) is 7.63. The Morgan fingerprint density at radius 2 is 2.00 bits per heavy atom. The van der Waals surface area contributed by atoms with E-state index in [9.17, 15) is 0 Å². The third-order valence-corrected chi connectivity index (χ3v) is 2.78. The molecule has 1 aromatic heterocycles. The molecule has 2 heteroatoms. The SMILES string of the molecule is CCCNC(CCC(C)C)c1ccc(C)o1. The van der Waals surface area contributed by atoms with Crippen LogP contribution in [0.25, 0.3) is 0 Å². The summed E-state index contributed by atoms with van der Waals surface area (Å²) in [7, 11) is 0. The summed E-state index contributed by atoms with van der Waals surface area (Å²) < 4.78 is 5.71. The summed E-state index contributed by atoms with van der Waals surface area (Å²) in [4.78, 5) is 0. The van der Waals surface area contributed by atoms with Crippen LogP contribution in [0.3, 0.4) is 0 Å². The molecule has 0 aliphatic heterocycles.